The molecule has 0 aromatic carbocycles. The molecule has 2 amide bonds. The van der Waals surface area contributed by atoms with E-state index in [0.29, 0.717) is 6.42 Å². The molecule has 0 saturated carbocycles. The van der Waals surface area contributed by atoms with Gasteiger partial charge in [-0.3, -0.25) is 5.10 Å². The quantitative estimate of drug-likeness (QED) is 0.705. The standard InChI is InChI=1S/C15H26N4O4S/c1-15(2,3)13-8-11(17-18-13)9-16-14(21)19(5-6-20)12-4-7-24(22,23)10-12/h8,12,20H,4-7,9-10H2,1-3H3,(H,16,21)(H,17,18)/t12-/m0/s1. The Kier molecular flexibility index (Phi) is 5.54. The first kappa shape index (κ1) is 18.7. The highest BCUT2D eigenvalue weighted by molar-refractivity contribution is 7.91. The van der Waals surface area contributed by atoms with Crippen LogP contribution in [0.5, 0.6) is 0 Å². The molecule has 0 aliphatic carbocycles. The Balaban J connectivity index is 1.97. The van der Waals surface area contributed by atoms with E-state index in [2.05, 4.69) is 36.3 Å². The van der Waals surface area contributed by atoms with Gasteiger partial charge in [0.15, 0.2) is 9.84 Å². The number of aliphatic hydroxyl groups is 1. The number of aromatic nitrogens is 2. The first-order chi connectivity index (χ1) is 11.1. The molecular weight excluding hydrogens is 332 g/mol. The van der Waals surface area contributed by atoms with Crippen LogP contribution in [-0.2, 0) is 21.8 Å². The molecule has 3 N–H and O–H groups in total. The molecule has 9 heteroatoms. The molecule has 1 atom stereocenters. The number of sulfone groups is 1. The van der Waals surface area contributed by atoms with E-state index in [1.165, 1.54) is 4.90 Å². The maximum Gasteiger partial charge on any atom is 0.318 e. The van der Waals surface area contributed by atoms with E-state index in [4.69, 9.17) is 5.11 Å². The van der Waals surface area contributed by atoms with E-state index < -0.39 is 9.84 Å². The molecule has 1 aliphatic rings. The number of aromatic amines is 1. The lowest BCUT2D eigenvalue weighted by atomic mass is 9.92. The van der Waals surface area contributed by atoms with Crippen molar-refractivity contribution in [1.29, 1.82) is 0 Å². The summed E-state index contributed by atoms with van der Waals surface area (Å²) in [6, 6.07) is 1.14. The summed E-state index contributed by atoms with van der Waals surface area (Å²) in [5, 5.41) is 19.1. The molecule has 1 fully saturated rings. The van der Waals surface area contributed by atoms with Crippen LogP contribution < -0.4 is 5.32 Å². The number of nitrogens with one attached hydrogen (secondary N) is 2. The number of rotatable bonds is 5. The second-order valence-electron chi connectivity index (χ2n) is 7.16. The molecule has 2 heterocycles. The lowest BCUT2D eigenvalue weighted by Gasteiger charge is -2.27. The zero-order chi connectivity index (χ0) is 18.0. The number of H-pyrrole nitrogens is 1. The van der Waals surface area contributed by atoms with E-state index in [9.17, 15) is 13.2 Å². The van der Waals surface area contributed by atoms with Gasteiger partial charge in [-0.25, -0.2) is 13.2 Å². The van der Waals surface area contributed by atoms with Crippen molar-refractivity contribution >= 4 is 15.9 Å². The van der Waals surface area contributed by atoms with Gasteiger partial charge >= 0.3 is 6.03 Å². The molecule has 1 saturated heterocycles. The molecule has 0 spiro atoms. The van der Waals surface area contributed by atoms with Crippen molar-refractivity contribution in [3.8, 4) is 0 Å². The van der Waals surface area contributed by atoms with Gasteiger partial charge in [0.2, 0.25) is 0 Å². The molecule has 1 aliphatic heterocycles. The van der Waals surface area contributed by atoms with Crippen molar-refractivity contribution in [2.45, 2.75) is 45.2 Å². The summed E-state index contributed by atoms with van der Waals surface area (Å²) in [7, 11) is -3.09. The van der Waals surface area contributed by atoms with Crippen LogP contribution >= 0.6 is 0 Å². The zero-order valence-electron chi connectivity index (χ0n) is 14.4. The topological polar surface area (TPSA) is 115 Å². The van der Waals surface area contributed by atoms with Crippen molar-refractivity contribution < 1.29 is 18.3 Å². The van der Waals surface area contributed by atoms with E-state index in [-0.39, 0.29) is 48.7 Å². The van der Waals surface area contributed by atoms with Crippen LogP contribution in [0.1, 0.15) is 38.6 Å². The van der Waals surface area contributed by atoms with E-state index in [1.54, 1.807) is 0 Å². The van der Waals surface area contributed by atoms with Crippen molar-refractivity contribution in [3.05, 3.63) is 17.5 Å². The summed E-state index contributed by atoms with van der Waals surface area (Å²) in [5.74, 6) is 0.0427. The smallest absolute Gasteiger partial charge is 0.318 e. The van der Waals surface area contributed by atoms with Crippen LogP contribution in [0.3, 0.4) is 0 Å². The minimum atomic E-state index is -3.09. The molecule has 2 rings (SSSR count). The Labute approximate surface area is 142 Å². The van der Waals surface area contributed by atoms with Crippen molar-refractivity contribution in [1.82, 2.24) is 20.4 Å². The molecule has 0 unspecified atom stereocenters. The molecule has 8 nitrogen and oxygen atoms in total. The van der Waals surface area contributed by atoms with Crippen LogP contribution in [0.15, 0.2) is 6.07 Å². The summed E-state index contributed by atoms with van der Waals surface area (Å²) in [4.78, 5) is 13.8. The van der Waals surface area contributed by atoms with Gasteiger partial charge in [-0.15, -0.1) is 0 Å². The monoisotopic (exact) mass is 358 g/mol. The van der Waals surface area contributed by atoms with Crippen molar-refractivity contribution in [2.24, 2.45) is 0 Å². The van der Waals surface area contributed by atoms with Gasteiger partial charge in [-0.2, -0.15) is 5.10 Å². The number of carbonyl (C=O) groups is 1. The first-order valence-corrected chi connectivity index (χ1v) is 9.85. The minimum Gasteiger partial charge on any atom is -0.395 e. The fourth-order valence-corrected chi connectivity index (χ4v) is 4.42. The Morgan fingerprint density at radius 1 is 1.50 bits per heavy atom. The molecule has 0 radical (unpaired) electrons. The number of amides is 2. The molecule has 136 valence electrons. The Bertz CT molecular complexity index is 678. The van der Waals surface area contributed by atoms with Crippen LogP contribution in [0, 0.1) is 0 Å². The average molecular weight is 358 g/mol. The Morgan fingerprint density at radius 2 is 2.21 bits per heavy atom. The predicted molar refractivity (Wildman–Crippen MR) is 90.4 cm³/mol. The maximum atomic E-state index is 12.4. The maximum absolute atomic E-state index is 12.4. The molecule has 1 aromatic heterocycles. The van der Waals surface area contributed by atoms with Gasteiger partial charge in [0.1, 0.15) is 0 Å². The summed E-state index contributed by atoms with van der Waals surface area (Å²) >= 11 is 0. The van der Waals surface area contributed by atoms with Crippen LogP contribution in [0.4, 0.5) is 4.79 Å². The third kappa shape index (κ3) is 4.70. The van der Waals surface area contributed by atoms with Gasteiger partial charge in [-0.1, -0.05) is 20.8 Å². The minimum absolute atomic E-state index is 0.0430. The van der Waals surface area contributed by atoms with E-state index in [1.807, 2.05) is 6.07 Å². The number of urea groups is 1. The Morgan fingerprint density at radius 3 is 2.71 bits per heavy atom. The summed E-state index contributed by atoms with van der Waals surface area (Å²) in [6.45, 7) is 6.33. The van der Waals surface area contributed by atoms with Gasteiger partial charge in [0.05, 0.1) is 36.0 Å². The van der Waals surface area contributed by atoms with E-state index in [0.717, 1.165) is 11.4 Å². The highest BCUT2D eigenvalue weighted by Gasteiger charge is 2.34. The van der Waals surface area contributed by atoms with Crippen molar-refractivity contribution in [3.63, 3.8) is 0 Å². The Hall–Kier alpha value is -1.61. The normalized spacial score (nSPS) is 20.1. The fourth-order valence-electron chi connectivity index (χ4n) is 2.69. The van der Waals surface area contributed by atoms with Gasteiger partial charge < -0.3 is 15.3 Å². The number of nitrogens with zero attached hydrogens (tertiary/aromatic N) is 2. The zero-order valence-corrected chi connectivity index (χ0v) is 15.2. The third-order valence-electron chi connectivity index (χ3n) is 4.08. The highest BCUT2D eigenvalue weighted by atomic mass is 32.2. The number of hydrogen-bond acceptors (Lipinski definition) is 5. The fraction of sp³-hybridized carbons (Fsp3) is 0.733. The summed E-state index contributed by atoms with van der Waals surface area (Å²) < 4.78 is 23.2. The van der Waals surface area contributed by atoms with E-state index >= 15 is 0 Å². The van der Waals surface area contributed by atoms with Crippen LogP contribution in [0.2, 0.25) is 0 Å². The molecule has 1 aromatic rings. The second-order valence-corrected chi connectivity index (χ2v) is 9.39. The summed E-state index contributed by atoms with van der Waals surface area (Å²) in [5.41, 5.74) is 1.59. The van der Waals surface area contributed by atoms with Gasteiger partial charge in [0.25, 0.3) is 0 Å². The first-order valence-electron chi connectivity index (χ1n) is 8.03. The second kappa shape index (κ2) is 7.10. The largest absolute Gasteiger partial charge is 0.395 e. The van der Waals surface area contributed by atoms with Gasteiger partial charge in [-0.05, 0) is 12.5 Å². The third-order valence-corrected chi connectivity index (χ3v) is 5.83. The summed E-state index contributed by atoms with van der Waals surface area (Å²) in [6.07, 6.45) is 0.411. The molecule has 24 heavy (non-hydrogen) atoms. The number of aliphatic hydroxyl groups excluding tert-OH is 1. The average Bonchev–Trinajstić information content (AvgIpc) is 3.08. The molecule has 0 bridgehead atoms. The van der Waals surface area contributed by atoms with Crippen molar-refractivity contribution in [2.75, 3.05) is 24.7 Å². The lowest BCUT2D eigenvalue weighted by molar-refractivity contribution is 0.157. The van der Waals surface area contributed by atoms with Crippen LogP contribution in [0.25, 0.3) is 0 Å². The lowest BCUT2D eigenvalue weighted by Crippen LogP contribution is -2.47. The van der Waals surface area contributed by atoms with Crippen LogP contribution in [-0.4, -0.2) is 65.4 Å². The van der Waals surface area contributed by atoms with Gasteiger partial charge in [0, 0.05) is 18.0 Å². The number of carbonyl (C=O) groups excluding carboxylic acids is 1. The number of hydrogen-bond donors (Lipinski definition) is 3. The SMILES string of the molecule is CC(C)(C)c1cc(CNC(=O)N(CCO)[C@H]2CCS(=O)(=O)C2)[nH]n1. The predicted octanol–water partition coefficient (Wildman–Crippen LogP) is 0.398. The molecular formula is C15H26N4O4S. The highest BCUT2D eigenvalue weighted by Crippen LogP contribution is 2.20.